The van der Waals surface area contributed by atoms with Crippen molar-refractivity contribution in [2.45, 2.75) is 12.8 Å². The molecule has 1 aliphatic rings. The Morgan fingerprint density at radius 1 is 1.27 bits per heavy atom. The molecule has 0 radical (unpaired) electrons. The normalized spacial score (nSPS) is 16.0. The number of rotatable bonds is 7. The van der Waals surface area contributed by atoms with Crippen LogP contribution in [0, 0.1) is 0 Å². The van der Waals surface area contributed by atoms with Crippen molar-refractivity contribution in [3.63, 3.8) is 0 Å². The summed E-state index contributed by atoms with van der Waals surface area (Å²) in [7, 11) is 0. The molecule has 22 heavy (non-hydrogen) atoms. The van der Waals surface area contributed by atoms with Gasteiger partial charge in [-0.2, -0.15) is 0 Å². The second kappa shape index (κ2) is 9.77. The zero-order valence-corrected chi connectivity index (χ0v) is 14.3. The highest BCUT2D eigenvalue weighted by Gasteiger charge is 2.08. The molecule has 2 rings (SSSR count). The lowest BCUT2D eigenvalue weighted by molar-refractivity contribution is -0.116. The van der Waals surface area contributed by atoms with Gasteiger partial charge in [-0.1, -0.05) is 34.1 Å². The summed E-state index contributed by atoms with van der Waals surface area (Å²) in [6.07, 6.45) is 5.52. The van der Waals surface area contributed by atoms with Crippen molar-refractivity contribution in [1.82, 2.24) is 10.2 Å². The van der Waals surface area contributed by atoms with Gasteiger partial charge >= 0.3 is 0 Å². The van der Waals surface area contributed by atoms with Crippen LogP contribution in [0.4, 0.5) is 0 Å². The fourth-order valence-corrected chi connectivity index (χ4v) is 2.75. The number of amides is 1. The maximum absolute atomic E-state index is 11.8. The molecule has 1 aliphatic heterocycles. The largest absolute Gasteiger partial charge is 0.379 e. The van der Waals surface area contributed by atoms with Crippen molar-refractivity contribution in [1.29, 1.82) is 0 Å². The number of carbonyl (C=O) groups excluding carboxylic acids is 1. The van der Waals surface area contributed by atoms with Crippen LogP contribution < -0.4 is 5.32 Å². The van der Waals surface area contributed by atoms with E-state index in [0.29, 0.717) is 0 Å². The zero-order chi connectivity index (χ0) is 15.6. The van der Waals surface area contributed by atoms with Gasteiger partial charge in [0.25, 0.3) is 0 Å². The molecule has 0 unspecified atom stereocenters. The average molecular weight is 367 g/mol. The summed E-state index contributed by atoms with van der Waals surface area (Å²) in [5, 5.41) is 2.93. The monoisotopic (exact) mass is 366 g/mol. The van der Waals surface area contributed by atoms with Gasteiger partial charge in [-0.15, -0.1) is 0 Å². The summed E-state index contributed by atoms with van der Waals surface area (Å²) in [5.74, 6) is -0.0397. The Balaban J connectivity index is 1.58. The maximum atomic E-state index is 11.8. The van der Waals surface area contributed by atoms with Crippen LogP contribution in [-0.4, -0.2) is 50.2 Å². The second-order valence-corrected chi connectivity index (χ2v) is 6.16. The van der Waals surface area contributed by atoms with Crippen molar-refractivity contribution >= 4 is 27.9 Å². The Kier molecular flexibility index (Phi) is 7.63. The topological polar surface area (TPSA) is 41.6 Å². The Morgan fingerprint density at radius 2 is 2.05 bits per heavy atom. The smallest absolute Gasteiger partial charge is 0.243 e. The molecule has 1 amide bonds. The van der Waals surface area contributed by atoms with Gasteiger partial charge in [0.1, 0.15) is 0 Å². The van der Waals surface area contributed by atoms with E-state index < -0.39 is 0 Å². The van der Waals surface area contributed by atoms with E-state index in [0.717, 1.165) is 62.3 Å². The minimum absolute atomic E-state index is 0.0397. The summed E-state index contributed by atoms with van der Waals surface area (Å²) in [6, 6.07) is 7.84. The predicted octanol–water partition coefficient (Wildman–Crippen LogP) is 2.69. The molecule has 0 spiro atoms. The first-order chi connectivity index (χ1) is 10.8. The van der Waals surface area contributed by atoms with Crippen molar-refractivity contribution in [2.24, 2.45) is 0 Å². The van der Waals surface area contributed by atoms with Crippen molar-refractivity contribution < 1.29 is 9.53 Å². The van der Waals surface area contributed by atoms with Gasteiger partial charge in [0, 0.05) is 30.2 Å². The fraction of sp³-hybridized carbons (Fsp3) is 0.471. The minimum Gasteiger partial charge on any atom is -0.379 e. The van der Waals surface area contributed by atoms with Gasteiger partial charge in [0.2, 0.25) is 5.91 Å². The van der Waals surface area contributed by atoms with Gasteiger partial charge in [0.15, 0.2) is 0 Å². The fourth-order valence-electron chi connectivity index (χ4n) is 2.33. The number of halogens is 1. The SMILES string of the molecule is O=C(/C=C\c1ccccc1Br)NCCCCN1CCOCC1. The van der Waals surface area contributed by atoms with E-state index >= 15 is 0 Å². The van der Waals surface area contributed by atoms with Crippen LogP contribution in [-0.2, 0) is 9.53 Å². The van der Waals surface area contributed by atoms with Crippen molar-refractivity contribution in [2.75, 3.05) is 39.4 Å². The summed E-state index contributed by atoms with van der Waals surface area (Å²) in [6.45, 7) is 5.56. The van der Waals surface area contributed by atoms with Crippen molar-refractivity contribution in [3.05, 3.63) is 40.4 Å². The first-order valence-electron chi connectivity index (χ1n) is 7.76. The minimum atomic E-state index is -0.0397. The number of nitrogens with zero attached hydrogens (tertiary/aromatic N) is 1. The molecule has 1 heterocycles. The average Bonchev–Trinajstić information content (AvgIpc) is 2.55. The summed E-state index contributed by atoms with van der Waals surface area (Å²) >= 11 is 3.46. The molecule has 1 aromatic rings. The first-order valence-corrected chi connectivity index (χ1v) is 8.55. The highest BCUT2D eigenvalue weighted by atomic mass is 79.9. The van der Waals surface area contributed by atoms with E-state index in [1.165, 1.54) is 0 Å². The molecule has 0 saturated carbocycles. The molecule has 0 bridgehead atoms. The van der Waals surface area contributed by atoms with E-state index in [1.807, 2.05) is 30.3 Å². The van der Waals surface area contributed by atoms with Gasteiger partial charge in [-0.3, -0.25) is 9.69 Å². The Bertz CT molecular complexity index is 499. The molecule has 1 aromatic carbocycles. The number of nitrogens with one attached hydrogen (secondary N) is 1. The zero-order valence-electron chi connectivity index (χ0n) is 12.8. The number of hydrogen-bond acceptors (Lipinski definition) is 3. The van der Waals surface area contributed by atoms with Crippen LogP contribution in [0.5, 0.6) is 0 Å². The lowest BCUT2D eigenvalue weighted by Crippen LogP contribution is -2.37. The maximum Gasteiger partial charge on any atom is 0.243 e. The van der Waals surface area contributed by atoms with E-state index in [4.69, 9.17) is 4.74 Å². The standard InChI is InChI=1S/C17H23BrN2O2/c18-16-6-2-1-5-15(16)7-8-17(21)19-9-3-4-10-20-11-13-22-14-12-20/h1-2,5-8H,3-4,9-14H2,(H,19,21)/b8-7-. The molecule has 120 valence electrons. The summed E-state index contributed by atoms with van der Waals surface area (Å²) < 4.78 is 6.31. The number of carbonyl (C=O) groups is 1. The quantitative estimate of drug-likeness (QED) is 0.595. The lowest BCUT2D eigenvalue weighted by atomic mass is 10.2. The van der Waals surface area contributed by atoms with Gasteiger partial charge in [-0.25, -0.2) is 0 Å². The third kappa shape index (κ3) is 6.30. The van der Waals surface area contributed by atoms with E-state index in [1.54, 1.807) is 6.08 Å². The Hall–Kier alpha value is -1.17. The van der Waals surface area contributed by atoms with Crippen LogP contribution in [0.15, 0.2) is 34.8 Å². The lowest BCUT2D eigenvalue weighted by Gasteiger charge is -2.26. The third-order valence-electron chi connectivity index (χ3n) is 3.62. The highest BCUT2D eigenvalue weighted by molar-refractivity contribution is 9.10. The van der Waals surface area contributed by atoms with Crippen LogP contribution in [0.1, 0.15) is 18.4 Å². The molecule has 1 saturated heterocycles. The van der Waals surface area contributed by atoms with Gasteiger partial charge in [-0.05, 0) is 37.1 Å². The van der Waals surface area contributed by atoms with Gasteiger partial charge < -0.3 is 10.1 Å². The highest BCUT2D eigenvalue weighted by Crippen LogP contribution is 2.16. The van der Waals surface area contributed by atoms with Crippen LogP contribution >= 0.6 is 15.9 Å². The number of unbranched alkanes of at least 4 members (excludes halogenated alkanes) is 1. The predicted molar refractivity (Wildman–Crippen MR) is 92.7 cm³/mol. The van der Waals surface area contributed by atoms with E-state index in [2.05, 4.69) is 26.1 Å². The Labute approximate surface area is 140 Å². The van der Waals surface area contributed by atoms with Crippen LogP contribution in [0.25, 0.3) is 6.08 Å². The summed E-state index contributed by atoms with van der Waals surface area (Å²) in [4.78, 5) is 14.2. The molecule has 1 fully saturated rings. The van der Waals surface area contributed by atoms with Crippen molar-refractivity contribution in [3.8, 4) is 0 Å². The van der Waals surface area contributed by atoms with E-state index in [-0.39, 0.29) is 5.91 Å². The molecule has 0 aromatic heterocycles. The second-order valence-electron chi connectivity index (χ2n) is 5.31. The number of hydrogen-bond donors (Lipinski definition) is 1. The van der Waals surface area contributed by atoms with E-state index in [9.17, 15) is 4.79 Å². The molecule has 0 aliphatic carbocycles. The molecule has 1 N–H and O–H groups in total. The molecular weight excluding hydrogens is 344 g/mol. The van der Waals surface area contributed by atoms with Crippen LogP contribution in [0.2, 0.25) is 0 Å². The number of morpholine rings is 1. The molecule has 5 heteroatoms. The summed E-state index contributed by atoms with van der Waals surface area (Å²) in [5.41, 5.74) is 1.00. The van der Waals surface area contributed by atoms with Crippen LogP contribution in [0.3, 0.4) is 0 Å². The third-order valence-corrected chi connectivity index (χ3v) is 4.35. The first kappa shape index (κ1) is 17.2. The molecular formula is C17H23BrN2O2. The molecule has 4 nitrogen and oxygen atoms in total. The number of benzene rings is 1. The number of ether oxygens (including phenoxy) is 1. The molecule has 0 atom stereocenters. The Morgan fingerprint density at radius 3 is 2.82 bits per heavy atom. The van der Waals surface area contributed by atoms with Gasteiger partial charge in [0.05, 0.1) is 13.2 Å².